The molecule has 0 aromatic carbocycles. The highest BCUT2D eigenvalue weighted by Crippen LogP contribution is 2.37. The molecule has 1 amide bonds. The monoisotopic (exact) mass is 311 g/mol. The van der Waals surface area contributed by atoms with Gasteiger partial charge in [0.25, 0.3) is 0 Å². The predicted octanol–water partition coefficient (Wildman–Crippen LogP) is 1.12. The fourth-order valence-corrected chi connectivity index (χ4v) is 3.58. The summed E-state index contributed by atoms with van der Waals surface area (Å²) in [6, 6.07) is 0.424. The number of rotatable bonds is 4. The minimum absolute atomic E-state index is 0.0895. The Morgan fingerprint density at radius 2 is 2.00 bits per heavy atom. The van der Waals surface area contributed by atoms with Crippen LogP contribution < -0.4 is 0 Å². The van der Waals surface area contributed by atoms with Gasteiger partial charge in [-0.2, -0.15) is 0 Å². The molecule has 3 rings (SSSR count). The van der Waals surface area contributed by atoms with E-state index in [9.17, 15) is 4.79 Å². The van der Waals surface area contributed by atoms with Gasteiger partial charge in [-0.15, -0.1) is 5.10 Å². The van der Waals surface area contributed by atoms with Crippen molar-refractivity contribution in [2.75, 3.05) is 13.1 Å². The van der Waals surface area contributed by atoms with Gasteiger partial charge < -0.3 is 9.64 Å². The van der Waals surface area contributed by atoms with Crippen LogP contribution >= 0.6 is 11.8 Å². The number of carbonyl (C=O) groups excluding carboxylic acids is 1. The Balaban J connectivity index is 1.62. The van der Waals surface area contributed by atoms with Crippen molar-refractivity contribution in [3.8, 4) is 0 Å². The van der Waals surface area contributed by atoms with Gasteiger partial charge in [0.05, 0.1) is 23.5 Å². The maximum atomic E-state index is 12.6. The lowest BCUT2D eigenvalue weighted by Crippen LogP contribution is -2.50. The van der Waals surface area contributed by atoms with Crippen molar-refractivity contribution in [3.05, 3.63) is 0 Å². The van der Waals surface area contributed by atoms with E-state index in [0.717, 1.165) is 18.0 Å². The van der Waals surface area contributed by atoms with Crippen LogP contribution in [-0.4, -0.2) is 61.6 Å². The Hall–Kier alpha value is -1.15. The molecule has 1 aromatic heterocycles. The quantitative estimate of drug-likeness (QED) is 0.776. The van der Waals surface area contributed by atoms with Gasteiger partial charge in [-0.05, 0) is 44.0 Å². The minimum Gasteiger partial charge on any atom is -0.372 e. The van der Waals surface area contributed by atoms with Crippen molar-refractivity contribution in [2.45, 2.75) is 62.3 Å². The van der Waals surface area contributed by atoms with E-state index in [4.69, 9.17) is 4.74 Å². The first-order valence-corrected chi connectivity index (χ1v) is 8.31. The number of aromatic nitrogens is 4. The Morgan fingerprint density at radius 3 is 2.62 bits per heavy atom. The number of tetrazole rings is 1. The molecule has 1 saturated carbocycles. The first-order valence-electron chi connectivity index (χ1n) is 7.43. The molecule has 1 aliphatic heterocycles. The maximum absolute atomic E-state index is 12.6. The third-order valence-corrected chi connectivity index (χ3v) is 4.75. The van der Waals surface area contributed by atoms with Crippen molar-refractivity contribution >= 4 is 17.7 Å². The summed E-state index contributed by atoms with van der Waals surface area (Å²) in [7, 11) is 0. The molecule has 0 bridgehead atoms. The Kier molecular flexibility index (Phi) is 4.17. The third kappa shape index (κ3) is 3.37. The molecule has 0 radical (unpaired) electrons. The summed E-state index contributed by atoms with van der Waals surface area (Å²) in [4.78, 5) is 14.5. The number of morpholine rings is 1. The van der Waals surface area contributed by atoms with Crippen LogP contribution in [0.1, 0.15) is 39.7 Å². The van der Waals surface area contributed by atoms with Gasteiger partial charge in [0.15, 0.2) is 0 Å². The molecule has 0 spiro atoms. The average Bonchev–Trinajstić information content (AvgIpc) is 3.17. The number of amides is 1. The predicted molar refractivity (Wildman–Crippen MR) is 78.0 cm³/mol. The average molecular weight is 311 g/mol. The van der Waals surface area contributed by atoms with E-state index < -0.39 is 0 Å². The van der Waals surface area contributed by atoms with Crippen LogP contribution in [0.5, 0.6) is 0 Å². The normalized spacial score (nSPS) is 27.7. The van der Waals surface area contributed by atoms with Gasteiger partial charge in [-0.25, -0.2) is 4.68 Å². The first kappa shape index (κ1) is 14.8. The molecule has 7 nitrogen and oxygen atoms in total. The summed E-state index contributed by atoms with van der Waals surface area (Å²) in [5, 5.41) is 12.3. The second-order valence-corrected chi connectivity index (χ2v) is 7.21. The van der Waals surface area contributed by atoms with Crippen LogP contribution in [0.4, 0.5) is 0 Å². The summed E-state index contributed by atoms with van der Waals surface area (Å²) < 4.78 is 7.52. The molecular formula is C13H21N5O2S. The molecule has 8 heteroatoms. The second-order valence-electron chi connectivity index (χ2n) is 5.90. The molecule has 2 heterocycles. The van der Waals surface area contributed by atoms with Crippen LogP contribution in [0.2, 0.25) is 0 Å². The van der Waals surface area contributed by atoms with Crippen molar-refractivity contribution in [1.29, 1.82) is 0 Å². The lowest BCUT2D eigenvalue weighted by atomic mass is 10.2. The lowest BCUT2D eigenvalue weighted by molar-refractivity contribution is -0.142. The van der Waals surface area contributed by atoms with Gasteiger partial charge in [0, 0.05) is 13.1 Å². The van der Waals surface area contributed by atoms with E-state index in [1.807, 2.05) is 30.4 Å². The summed E-state index contributed by atoms with van der Waals surface area (Å²) >= 11 is 1.44. The van der Waals surface area contributed by atoms with Crippen LogP contribution in [0, 0.1) is 0 Å². The molecule has 0 N–H and O–H groups in total. The number of nitrogens with zero attached hydrogens (tertiary/aromatic N) is 5. The molecule has 116 valence electrons. The number of hydrogen-bond acceptors (Lipinski definition) is 6. The summed E-state index contributed by atoms with van der Waals surface area (Å²) in [6.45, 7) is 7.23. The van der Waals surface area contributed by atoms with Gasteiger partial charge in [0.2, 0.25) is 11.1 Å². The fourth-order valence-electron chi connectivity index (χ4n) is 2.63. The SMILES string of the molecule is CC1CN(C(=O)C(C)Sc2nnnn2C2CC2)CC(C)O1. The minimum atomic E-state index is -0.189. The highest BCUT2D eigenvalue weighted by atomic mass is 32.2. The van der Waals surface area contributed by atoms with Crippen molar-refractivity contribution in [3.63, 3.8) is 0 Å². The zero-order chi connectivity index (χ0) is 15.0. The first-order chi connectivity index (χ1) is 10.0. The van der Waals surface area contributed by atoms with Crippen molar-refractivity contribution in [2.24, 2.45) is 0 Å². The Labute approximate surface area is 128 Å². The number of thioether (sulfide) groups is 1. The number of carbonyl (C=O) groups is 1. The summed E-state index contributed by atoms with van der Waals surface area (Å²) in [6.07, 6.45) is 2.43. The second kappa shape index (κ2) is 5.92. The smallest absolute Gasteiger partial charge is 0.236 e. The third-order valence-electron chi connectivity index (χ3n) is 3.72. The standard InChI is InChI=1S/C13H21N5O2S/c1-8-6-17(7-9(2)20-8)12(19)10(3)21-13-14-15-16-18(13)11-4-5-11/h8-11H,4-7H2,1-3H3. The maximum Gasteiger partial charge on any atom is 0.236 e. The van der Waals surface area contributed by atoms with E-state index in [0.29, 0.717) is 19.1 Å². The van der Waals surface area contributed by atoms with Gasteiger partial charge >= 0.3 is 0 Å². The molecule has 1 aliphatic carbocycles. The highest BCUT2D eigenvalue weighted by Gasteiger charge is 2.32. The topological polar surface area (TPSA) is 73.1 Å². The zero-order valence-electron chi connectivity index (χ0n) is 12.6. The van der Waals surface area contributed by atoms with Crippen LogP contribution in [-0.2, 0) is 9.53 Å². The van der Waals surface area contributed by atoms with Crippen molar-refractivity contribution in [1.82, 2.24) is 25.1 Å². The zero-order valence-corrected chi connectivity index (χ0v) is 13.4. The molecule has 2 aliphatic rings. The Bertz CT molecular complexity index is 508. The number of ether oxygens (including phenoxy) is 1. The molecule has 3 unspecified atom stereocenters. The van der Waals surface area contributed by atoms with E-state index in [1.54, 1.807) is 0 Å². The molecular weight excluding hydrogens is 290 g/mol. The molecule has 21 heavy (non-hydrogen) atoms. The van der Waals surface area contributed by atoms with E-state index >= 15 is 0 Å². The van der Waals surface area contributed by atoms with Gasteiger partial charge in [-0.1, -0.05) is 11.8 Å². The molecule has 1 saturated heterocycles. The van der Waals surface area contributed by atoms with Crippen LogP contribution in [0.15, 0.2) is 5.16 Å². The van der Waals surface area contributed by atoms with Gasteiger partial charge in [0.1, 0.15) is 0 Å². The van der Waals surface area contributed by atoms with E-state index in [-0.39, 0.29) is 23.4 Å². The fraction of sp³-hybridized carbons (Fsp3) is 0.846. The molecule has 1 aromatic rings. The van der Waals surface area contributed by atoms with Crippen molar-refractivity contribution < 1.29 is 9.53 Å². The summed E-state index contributed by atoms with van der Waals surface area (Å²) in [5.74, 6) is 0.132. The molecule has 2 fully saturated rings. The van der Waals surface area contributed by atoms with Gasteiger partial charge in [-0.3, -0.25) is 4.79 Å². The summed E-state index contributed by atoms with van der Waals surface area (Å²) in [5.41, 5.74) is 0. The van der Waals surface area contributed by atoms with E-state index in [1.165, 1.54) is 11.8 Å². The number of hydrogen-bond donors (Lipinski definition) is 0. The molecule has 3 atom stereocenters. The Morgan fingerprint density at radius 1 is 1.33 bits per heavy atom. The van der Waals surface area contributed by atoms with E-state index in [2.05, 4.69) is 15.5 Å². The van der Waals surface area contributed by atoms with Crippen LogP contribution in [0.3, 0.4) is 0 Å². The lowest BCUT2D eigenvalue weighted by Gasteiger charge is -2.36. The largest absolute Gasteiger partial charge is 0.372 e. The van der Waals surface area contributed by atoms with Crippen LogP contribution in [0.25, 0.3) is 0 Å². The highest BCUT2D eigenvalue weighted by molar-refractivity contribution is 8.00.